The standard InChI is InChI=1S/C23H44O5S/c1-2-3-4-5-6-7-8-9-10-11-12-13-14-15-16-21(29)28-23-20(26)18-27-22(23)19(25)17-24/h19-20,22-26H,2-18H2,1H3/t19-,20+,22+,23+/m0/s1. The van der Waals surface area contributed by atoms with Crippen molar-refractivity contribution in [3.8, 4) is 0 Å². The van der Waals surface area contributed by atoms with Crippen LogP contribution in [0.5, 0.6) is 0 Å². The quantitative estimate of drug-likeness (QED) is 0.215. The fourth-order valence-electron chi connectivity index (χ4n) is 3.87. The molecule has 0 aliphatic carbocycles. The Bertz CT molecular complexity index is 407. The lowest BCUT2D eigenvalue weighted by Crippen LogP contribution is -2.43. The maximum absolute atomic E-state index is 9.94. The summed E-state index contributed by atoms with van der Waals surface area (Å²) >= 11 is 5.28. The zero-order valence-electron chi connectivity index (χ0n) is 18.4. The molecule has 29 heavy (non-hydrogen) atoms. The first-order valence-corrected chi connectivity index (χ1v) is 12.3. The predicted molar refractivity (Wildman–Crippen MR) is 121 cm³/mol. The molecular formula is C23H44O5S. The summed E-state index contributed by atoms with van der Waals surface area (Å²) < 4.78 is 11.0. The van der Waals surface area contributed by atoms with Crippen molar-refractivity contribution in [2.24, 2.45) is 0 Å². The van der Waals surface area contributed by atoms with E-state index in [2.05, 4.69) is 6.92 Å². The lowest BCUT2D eigenvalue weighted by molar-refractivity contribution is -0.0642. The minimum absolute atomic E-state index is 0.0911. The van der Waals surface area contributed by atoms with Crippen molar-refractivity contribution in [3.05, 3.63) is 0 Å². The Hall–Kier alpha value is -0.270. The third-order valence-corrected chi connectivity index (χ3v) is 6.03. The number of thiocarbonyl (C=S) groups is 1. The molecule has 0 radical (unpaired) electrons. The van der Waals surface area contributed by atoms with E-state index in [0.29, 0.717) is 11.5 Å². The van der Waals surface area contributed by atoms with E-state index in [4.69, 9.17) is 26.8 Å². The molecule has 0 saturated carbocycles. The van der Waals surface area contributed by atoms with Gasteiger partial charge in [-0.2, -0.15) is 0 Å². The Morgan fingerprint density at radius 2 is 1.41 bits per heavy atom. The molecule has 0 aromatic rings. The van der Waals surface area contributed by atoms with Gasteiger partial charge in [-0.15, -0.1) is 0 Å². The Labute approximate surface area is 183 Å². The van der Waals surface area contributed by atoms with Crippen molar-refractivity contribution in [3.63, 3.8) is 0 Å². The maximum Gasteiger partial charge on any atom is 0.160 e. The summed E-state index contributed by atoms with van der Waals surface area (Å²) in [5, 5.41) is 29.2. The van der Waals surface area contributed by atoms with Gasteiger partial charge in [0.1, 0.15) is 18.3 Å². The van der Waals surface area contributed by atoms with Crippen molar-refractivity contribution in [2.75, 3.05) is 13.2 Å². The van der Waals surface area contributed by atoms with Crippen molar-refractivity contribution in [1.29, 1.82) is 0 Å². The molecule has 0 spiro atoms. The Kier molecular flexibility index (Phi) is 16.1. The summed E-state index contributed by atoms with van der Waals surface area (Å²) in [6, 6.07) is 0. The molecule has 0 unspecified atom stereocenters. The average molecular weight is 433 g/mol. The van der Waals surface area contributed by atoms with E-state index >= 15 is 0 Å². The number of hydrogen-bond donors (Lipinski definition) is 3. The second-order valence-corrected chi connectivity index (χ2v) is 8.87. The van der Waals surface area contributed by atoms with Gasteiger partial charge in [0.25, 0.3) is 0 Å². The molecule has 1 aliphatic rings. The van der Waals surface area contributed by atoms with Gasteiger partial charge in [0, 0.05) is 6.42 Å². The van der Waals surface area contributed by atoms with E-state index in [-0.39, 0.29) is 6.61 Å². The summed E-state index contributed by atoms with van der Waals surface area (Å²) in [5.74, 6) is 0. The molecule has 1 fully saturated rings. The summed E-state index contributed by atoms with van der Waals surface area (Å²) in [6.45, 7) is 1.93. The van der Waals surface area contributed by atoms with Crippen molar-refractivity contribution in [2.45, 2.75) is 128 Å². The number of ether oxygens (including phenoxy) is 2. The summed E-state index contributed by atoms with van der Waals surface area (Å²) in [5.41, 5.74) is 0. The van der Waals surface area contributed by atoms with Crippen LogP contribution in [0, 0.1) is 0 Å². The van der Waals surface area contributed by atoms with Crippen molar-refractivity contribution >= 4 is 17.3 Å². The summed E-state index contributed by atoms with van der Waals surface area (Å²) in [4.78, 5) is 0. The van der Waals surface area contributed by atoms with Crippen LogP contribution in [-0.4, -0.2) is 58.0 Å². The zero-order valence-corrected chi connectivity index (χ0v) is 19.2. The minimum Gasteiger partial charge on any atom is -0.478 e. The van der Waals surface area contributed by atoms with Gasteiger partial charge < -0.3 is 24.8 Å². The van der Waals surface area contributed by atoms with Crippen LogP contribution in [-0.2, 0) is 9.47 Å². The van der Waals surface area contributed by atoms with Crippen molar-refractivity contribution in [1.82, 2.24) is 0 Å². The first-order valence-electron chi connectivity index (χ1n) is 11.9. The van der Waals surface area contributed by atoms with E-state index in [1.54, 1.807) is 0 Å². The Morgan fingerprint density at radius 3 is 1.90 bits per heavy atom. The molecule has 0 bridgehead atoms. The summed E-state index contributed by atoms with van der Waals surface area (Å²) in [6.07, 6.45) is 15.8. The van der Waals surface area contributed by atoms with Gasteiger partial charge in [-0.3, -0.25) is 0 Å². The topological polar surface area (TPSA) is 79.2 Å². The number of aliphatic hydroxyl groups excluding tert-OH is 3. The van der Waals surface area contributed by atoms with Crippen LogP contribution in [0.15, 0.2) is 0 Å². The Balaban J connectivity index is 1.94. The van der Waals surface area contributed by atoms with E-state index in [0.717, 1.165) is 12.8 Å². The van der Waals surface area contributed by atoms with Crippen LogP contribution in [0.2, 0.25) is 0 Å². The van der Waals surface area contributed by atoms with Gasteiger partial charge in [-0.1, -0.05) is 90.4 Å². The normalized spacial score (nSPS) is 22.7. The molecule has 1 rings (SSSR count). The highest BCUT2D eigenvalue weighted by atomic mass is 32.1. The monoisotopic (exact) mass is 432 g/mol. The molecule has 172 valence electrons. The first-order chi connectivity index (χ1) is 14.1. The number of aliphatic hydroxyl groups is 3. The first kappa shape index (κ1) is 26.8. The lowest BCUT2D eigenvalue weighted by atomic mass is 10.0. The number of rotatable bonds is 18. The second-order valence-electron chi connectivity index (χ2n) is 8.42. The smallest absolute Gasteiger partial charge is 0.160 e. The average Bonchev–Trinajstić information content (AvgIpc) is 3.07. The van der Waals surface area contributed by atoms with Crippen LogP contribution >= 0.6 is 12.2 Å². The van der Waals surface area contributed by atoms with Gasteiger partial charge in [-0.25, -0.2) is 0 Å². The van der Waals surface area contributed by atoms with E-state index < -0.39 is 31.0 Å². The second kappa shape index (κ2) is 17.4. The van der Waals surface area contributed by atoms with Gasteiger partial charge in [0.05, 0.1) is 13.2 Å². The largest absolute Gasteiger partial charge is 0.478 e. The van der Waals surface area contributed by atoms with E-state index in [9.17, 15) is 10.2 Å². The highest BCUT2D eigenvalue weighted by molar-refractivity contribution is 7.80. The molecule has 4 atom stereocenters. The van der Waals surface area contributed by atoms with Gasteiger partial charge in [0.15, 0.2) is 11.2 Å². The van der Waals surface area contributed by atoms with Crippen LogP contribution in [0.4, 0.5) is 0 Å². The molecule has 0 aromatic carbocycles. The molecule has 1 saturated heterocycles. The fourth-order valence-corrected chi connectivity index (χ4v) is 4.13. The SMILES string of the molecule is CCCCCCCCCCCCCCCCC(=S)O[C@H]1[C@@H]([C@@H](O)CO)OC[C@H]1O. The van der Waals surface area contributed by atoms with Crippen LogP contribution < -0.4 is 0 Å². The minimum atomic E-state index is -1.07. The molecule has 0 aromatic heterocycles. The summed E-state index contributed by atoms with van der Waals surface area (Å²) in [7, 11) is 0. The maximum atomic E-state index is 9.94. The molecule has 3 N–H and O–H groups in total. The molecular weight excluding hydrogens is 388 g/mol. The van der Waals surface area contributed by atoms with Crippen LogP contribution in [0.3, 0.4) is 0 Å². The zero-order chi connectivity index (χ0) is 21.3. The van der Waals surface area contributed by atoms with Gasteiger partial charge in [0.2, 0.25) is 0 Å². The highest BCUT2D eigenvalue weighted by Crippen LogP contribution is 2.22. The molecule has 0 amide bonds. The third kappa shape index (κ3) is 12.2. The van der Waals surface area contributed by atoms with Crippen LogP contribution in [0.1, 0.15) is 103 Å². The number of hydrogen-bond acceptors (Lipinski definition) is 6. The molecule has 1 aliphatic heterocycles. The van der Waals surface area contributed by atoms with Gasteiger partial charge >= 0.3 is 0 Å². The van der Waals surface area contributed by atoms with Crippen LogP contribution in [0.25, 0.3) is 0 Å². The van der Waals surface area contributed by atoms with Crippen molar-refractivity contribution < 1.29 is 24.8 Å². The predicted octanol–water partition coefficient (Wildman–Crippen LogP) is 4.68. The lowest BCUT2D eigenvalue weighted by Gasteiger charge is -2.24. The van der Waals surface area contributed by atoms with E-state index in [1.165, 1.54) is 77.0 Å². The molecule has 5 nitrogen and oxygen atoms in total. The molecule has 6 heteroatoms. The Morgan fingerprint density at radius 1 is 0.931 bits per heavy atom. The number of unbranched alkanes of at least 4 members (excludes halogenated alkanes) is 13. The molecule has 1 heterocycles. The fraction of sp³-hybridized carbons (Fsp3) is 0.957. The van der Waals surface area contributed by atoms with Gasteiger partial charge in [-0.05, 0) is 18.6 Å². The highest BCUT2D eigenvalue weighted by Gasteiger charge is 2.42. The van der Waals surface area contributed by atoms with E-state index in [1.807, 2.05) is 0 Å². The third-order valence-electron chi connectivity index (χ3n) is 5.73.